The van der Waals surface area contributed by atoms with Gasteiger partial charge < -0.3 is 4.74 Å². The van der Waals surface area contributed by atoms with Crippen molar-refractivity contribution in [3.63, 3.8) is 0 Å². The Morgan fingerprint density at radius 1 is 1.22 bits per heavy atom. The second-order valence-electron chi connectivity index (χ2n) is 4.66. The maximum atomic E-state index is 12.0. The number of nitrogens with zero attached hydrogens (tertiary/aromatic N) is 3. The molecule has 0 unspecified atom stereocenters. The molecule has 1 atom stereocenters. The van der Waals surface area contributed by atoms with Gasteiger partial charge in [0.05, 0.1) is 11.8 Å². The van der Waals surface area contributed by atoms with E-state index < -0.39 is 10.0 Å². The molecule has 2 aliphatic rings. The van der Waals surface area contributed by atoms with Gasteiger partial charge in [0.25, 0.3) is 0 Å². The standard InChI is InChI=1S/C11H15N3O3S/c15-18(16,10-2-3-10)14-7-4-9(8-14)17-11-12-5-1-6-13-11/h1,5-6,9-10H,2-4,7-8H2/t9-/m0/s1. The molecule has 1 saturated heterocycles. The van der Waals surface area contributed by atoms with Crippen LogP contribution < -0.4 is 4.74 Å². The average molecular weight is 269 g/mol. The predicted octanol–water partition coefficient (Wildman–Crippen LogP) is 0.422. The van der Waals surface area contributed by atoms with Crippen LogP contribution in [0.1, 0.15) is 19.3 Å². The van der Waals surface area contributed by atoms with Gasteiger partial charge >= 0.3 is 6.01 Å². The Morgan fingerprint density at radius 3 is 2.61 bits per heavy atom. The summed E-state index contributed by atoms with van der Waals surface area (Å²) in [4.78, 5) is 7.95. The second kappa shape index (κ2) is 4.47. The molecule has 0 bridgehead atoms. The third-order valence-electron chi connectivity index (χ3n) is 3.23. The molecule has 3 rings (SSSR count). The van der Waals surface area contributed by atoms with E-state index in [1.54, 1.807) is 18.5 Å². The minimum absolute atomic E-state index is 0.138. The molecule has 0 amide bonds. The molecule has 2 heterocycles. The SMILES string of the molecule is O=S(=O)(C1CC1)N1CC[C@H](Oc2ncccn2)C1. The molecule has 1 aromatic rings. The molecule has 98 valence electrons. The first-order valence-corrected chi connectivity index (χ1v) is 7.59. The monoisotopic (exact) mass is 269 g/mol. The van der Waals surface area contributed by atoms with Gasteiger partial charge in [-0.05, 0) is 25.3 Å². The number of rotatable bonds is 4. The lowest BCUT2D eigenvalue weighted by molar-refractivity contribution is 0.197. The Hall–Kier alpha value is -1.21. The van der Waals surface area contributed by atoms with Crippen molar-refractivity contribution in [1.82, 2.24) is 14.3 Å². The van der Waals surface area contributed by atoms with Crippen LogP contribution >= 0.6 is 0 Å². The molecule has 7 heteroatoms. The van der Waals surface area contributed by atoms with E-state index in [9.17, 15) is 8.42 Å². The highest BCUT2D eigenvalue weighted by molar-refractivity contribution is 7.90. The lowest BCUT2D eigenvalue weighted by atomic mass is 10.3. The van der Waals surface area contributed by atoms with E-state index in [0.717, 1.165) is 12.8 Å². The molecule has 18 heavy (non-hydrogen) atoms. The second-order valence-corrected chi connectivity index (χ2v) is 6.88. The van der Waals surface area contributed by atoms with Crippen molar-refractivity contribution in [2.45, 2.75) is 30.6 Å². The van der Waals surface area contributed by atoms with Crippen LogP contribution in [0.25, 0.3) is 0 Å². The fraction of sp³-hybridized carbons (Fsp3) is 0.636. The Kier molecular flexibility index (Phi) is 2.95. The van der Waals surface area contributed by atoms with Gasteiger partial charge in [0.2, 0.25) is 10.0 Å². The first kappa shape index (κ1) is 11.9. The zero-order valence-corrected chi connectivity index (χ0v) is 10.7. The number of hydrogen-bond acceptors (Lipinski definition) is 5. The van der Waals surface area contributed by atoms with Crippen LogP contribution in [0, 0.1) is 0 Å². The van der Waals surface area contributed by atoms with E-state index >= 15 is 0 Å². The Labute approximate surface area is 106 Å². The highest BCUT2D eigenvalue weighted by atomic mass is 32.2. The molecular formula is C11H15N3O3S. The highest BCUT2D eigenvalue weighted by Crippen LogP contribution is 2.33. The fourth-order valence-electron chi connectivity index (χ4n) is 2.10. The number of hydrogen-bond donors (Lipinski definition) is 0. The van der Waals surface area contributed by atoms with Crippen molar-refractivity contribution in [3.05, 3.63) is 18.5 Å². The van der Waals surface area contributed by atoms with Crippen LogP contribution in [0.15, 0.2) is 18.5 Å². The van der Waals surface area contributed by atoms with Crippen molar-refractivity contribution in [2.24, 2.45) is 0 Å². The topological polar surface area (TPSA) is 72.4 Å². The first-order chi connectivity index (χ1) is 8.66. The van der Waals surface area contributed by atoms with Crippen LogP contribution in [0.4, 0.5) is 0 Å². The molecule has 0 radical (unpaired) electrons. The summed E-state index contributed by atoms with van der Waals surface area (Å²) >= 11 is 0. The molecule has 0 spiro atoms. The largest absolute Gasteiger partial charge is 0.459 e. The summed E-state index contributed by atoms with van der Waals surface area (Å²) in [6.45, 7) is 0.952. The normalized spacial score (nSPS) is 25.2. The lowest BCUT2D eigenvalue weighted by Crippen LogP contribution is -2.33. The fourth-order valence-corrected chi connectivity index (χ4v) is 3.98. The number of ether oxygens (including phenoxy) is 1. The third kappa shape index (κ3) is 2.32. The van der Waals surface area contributed by atoms with Crippen LogP contribution in [-0.4, -0.2) is 47.1 Å². The Bertz CT molecular complexity index is 516. The van der Waals surface area contributed by atoms with Gasteiger partial charge in [-0.25, -0.2) is 18.4 Å². The van der Waals surface area contributed by atoms with Gasteiger partial charge in [-0.15, -0.1) is 0 Å². The van der Waals surface area contributed by atoms with E-state index in [2.05, 4.69) is 9.97 Å². The summed E-state index contributed by atoms with van der Waals surface area (Å²) in [6.07, 6.45) is 5.37. The molecule has 0 aromatic carbocycles. The van der Waals surface area contributed by atoms with Crippen LogP contribution in [0.5, 0.6) is 6.01 Å². The van der Waals surface area contributed by atoms with Crippen molar-refractivity contribution in [3.8, 4) is 6.01 Å². The van der Waals surface area contributed by atoms with Crippen molar-refractivity contribution in [1.29, 1.82) is 0 Å². The van der Waals surface area contributed by atoms with Gasteiger partial charge in [-0.1, -0.05) is 0 Å². The summed E-state index contributed by atoms with van der Waals surface area (Å²) in [5, 5.41) is -0.149. The van der Waals surface area contributed by atoms with Gasteiger partial charge in [-0.2, -0.15) is 4.31 Å². The molecule has 1 aliphatic heterocycles. The van der Waals surface area contributed by atoms with Crippen LogP contribution in [0.3, 0.4) is 0 Å². The van der Waals surface area contributed by atoms with Gasteiger partial charge in [-0.3, -0.25) is 0 Å². The van der Waals surface area contributed by atoms with Crippen molar-refractivity contribution in [2.75, 3.05) is 13.1 Å². The van der Waals surface area contributed by atoms with Gasteiger partial charge in [0.15, 0.2) is 0 Å². The molecular weight excluding hydrogens is 254 g/mol. The number of sulfonamides is 1. The van der Waals surface area contributed by atoms with Crippen LogP contribution in [-0.2, 0) is 10.0 Å². The lowest BCUT2D eigenvalue weighted by Gasteiger charge is -2.16. The quantitative estimate of drug-likeness (QED) is 0.792. The van der Waals surface area contributed by atoms with Gasteiger partial charge in [0.1, 0.15) is 6.10 Å². The van der Waals surface area contributed by atoms with Gasteiger partial charge in [0, 0.05) is 18.9 Å². The van der Waals surface area contributed by atoms with E-state index in [1.807, 2.05) is 0 Å². The maximum absolute atomic E-state index is 12.0. The van der Waals surface area contributed by atoms with E-state index in [-0.39, 0.29) is 11.4 Å². The molecule has 0 N–H and O–H groups in total. The first-order valence-electron chi connectivity index (χ1n) is 6.09. The minimum atomic E-state index is -3.08. The Balaban J connectivity index is 1.62. The molecule has 1 saturated carbocycles. The zero-order chi connectivity index (χ0) is 12.6. The highest BCUT2D eigenvalue weighted by Gasteiger charge is 2.43. The summed E-state index contributed by atoms with van der Waals surface area (Å²) in [7, 11) is -3.08. The minimum Gasteiger partial charge on any atom is -0.459 e. The van der Waals surface area contributed by atoms with E-state index in [1.165, 1.54) is 4.31 Å². The van der Waals surface area contributed by atoms with E-state index in [4.69, 9.17) is 4.74 Å². The molecule has 1 aliphatic carbocycles. The maximum Gasteiger partial charge on any atom is 0.316 e. The zero-order valence-electron chi connectivity index (χ0n) is 9.90. The molecule has 2 fully saturated rings. The predicted molar refractivity (Wildman–Crippen MR) is 64.6 cm³/mol. The third-order valence-corrected chi connectivity index (χ3v) is 5.59. The van der Waals surface area contributed by atoms with Crippen molar-refractivity contribution < 1.29 is 13.2 Å². The summed E-state index contributed by atoms with van der Waals surface area (Å²) in [6, 6.07) is 2.03. The molecule has 1 aromatic heterocycles. The van der Waals surface area contributed by atoms with E-state index in [0.29, 0.717) is 25.5 Å². The summed E-state index contributed by atoms with van der Waals surface area (Å²) in [5.41, 5.74) is 0. The van der Waals surface area contributed by atoms with Crippen molar-refractivity contribution >= 4 is 10.0 Å². The summed E-state index contributed by atoms with van der Waals surface area (Å²) < 4.78 is 31.2. The summed E-state index contributed by atoms with van der Waals surface area (Å²) in [5.74, 6) is 0. The van der Waals surface area contributed by atoms with Crippen LogP contribution in [0.2, 0.25) is 0 Å². The molecule has 6 nitrogen and oxygen atoms in total. The number of aromatic nitrogens is 2. The average Bonchev–Trinajstić information content (AvgIpc) is 3.12. The smallest absolute Gasteiger partial charge is 0.316 e. The Morgan fingerprint density at radius 2 is 1.94 bits per heavy atom.